The zero-order chi connectivity index (χ0) is 14.3. The molecule has 18 heavy (non-hydrogen) atoms. The highest BCUT2D eigenvalue weighted by molar-refractivity contribution is 5.67. The fraction of sp³-hybridized carbons (Fsp3) is 0.933. The second-order valence-corrected chi connectivity index (χ2v) is 5.94. The molecule has 1 unspecified atom stereocenters. The molecule has 0 aliphatic carbocycles. The van der Waals surface area contributed by atoms with Crippen molar-refractivity contribution < 1.29 is 9.53 Å². The van der Waals surface area contributed by atoms with Crippen molar-refractivity contribution in [3.8, 4) is 0 Å². The van der Waals surface area contributed by atoms with Gasteiger partial charge < -0.3 is 9.64 Å². The molecule has 0 N–H and O–H groups in total. The summed E-state index contributed by atoms with van der Waals surface area (Å²) in [7, 11) is 1.81. The topological polar surface area (TPSA) is 29.5 Å². The van der Waals surface area contributed by atoms with E-state index < -0.39 is 0 Å². The third-order valence-electron chi connectivity index (χ3n) is 3.36. The molecule has 0 rings (SSSR count). The lowest BCUT2D eigenvalue weighted by Gasteiger charge is -2.30. The Morgan fingerprint density at radius 2 is 1.61 bits per heavy atom. The van der Waals surface area contributed by atoms with Crippen molar-refractivity contribution in [1.82, 2.24) is 4.90 Å². The second kappa shape index (κ2) is 8.39. The molecular formula is C15H31NO2. The van der Waals surface area contributed by atoms with Gasteiger partial charge in [0, 0.05) is 13.6 Å². The summed E-state index contributed by atoms with van der Waals surface area (Å²) >= 11 is 0. The molecule has 3 nitrogen and oxygen atoms in total. The molecule has 1 amide bonds. The van der Waals surface area contributed by atoms with Gasteiger partial charge in [-0.1, -0.05) is 41.5 Å². The molecule has 0 aromatic carbocycles. The van der Waals surface area contributed by atoms with Crippen molar-refractivity contribution in [2.75, 3.05) is 13.6 Å². The second-order valence-electron chi connectivity index (χ2n) is 5.94. The van der Waals surface area contributed by atoms with E-state index >= 15 is 0 Å². The van der Waals surface area contributed by atoms with Crippen LogP contribution in [0.3, 0.4) is 0 Å². The van der Waals surface area contributed by atoms with Crippen molar-refractivity contribution in [3.63, 3.8) is 0 Å². The van der Waals surface area contributed by atoms with Crippen molar-refractivity contribution >= 4 is 6.09 Å². The van der Waals surface area contributed by atoms with E-state index in [0.29, 0.717) is 17.8 Å². The van der Waals surface area contributed by atoms with Gasteiger partial charge in [-0.2, -0.15) is 0 Å². The summed E-state index contributed by atoms with van der Waals surface area (Å²) in [5.74, 6) is 1.29. The number of carbonyl (C=O) groups is 1. The molecule has 0 spiro atoms. The predicted molar refractivity (Wildman–Crippen MR) is 76.6 cm³/mol. The van der Waals surface area contributed by atoms with Crippen LogP contribution in [0.15, 0.2) is 0 Å². The molecule has 0 saturated heterocycles. The first kappa shape index (κ1) is 17.3. The van der Waals surface area contributed by atoms with Gasteiger partial charge in [0.05, 0.1) is 0 Å². The van der Waals surface area contributed by atoms with Gasteiger partial charge in [0.1, 0.15) is 6.10 Å². The highest BCUT2D eigenvalue weighted by Gasteiger charge is 2.27. The van der Waals surface area contributed by atoms with Gasteiger partial charge in [-0.25, -0.2) is 4.79 Å². The number of rotatable bonds is 7. The van der Waals surface area contributed by atoms with Crippen LogP contribution < -0.4 is 0 Å². The van der Waals surface area contributed by atoms with Crippen molar-refractivity contribution in [1.29, 1.82) is 0 Å². The first-order valence-electron chi connectivity index (χ1n) is 7.25. The molecule has 1 atom stereocenters. The average Bonchev–Trinajstić information content (AvgIpc) is 2.27. The SMILES string of the molecule is CCC(CC)C(OC(=O)N(C)CC(C)C)C(C)C. The van der Waals surface area contributed by atoms with Gasteiger partial charge in [-0.3, -0.25) is 0 Å². The predicted octanol–water partition coefficient (Wildman–Crippen LogP) is 4.17. The summed E-state index contributed by atoms with van der Waals surface area (Å²) in [5, 5.41) is 0. The Morgan fingerprint density at radius 1 is 1.11 bits per heavy atom. The minimum absolute atomic E-state index is 0.0297. The van der Waals surface area contributed by atoms with Crippen LogP contribution in [-0.4, -0.2) is 30.7 Å². The fourth-order valence-electron chi connectivity index (χ4n) is 2.36. The van der Waals surface area contributed by atoms with E-state index in [1.165, 1.54) is 0 Å². The highest BCUT2D eigenvalue weighted by Crippen LogP contribution is 2.23. The maximum atomic E-state index is 12.0. The molecule has 0 saturated carbocycles. The minimum Gasteiger partial charge on any atom is -0.446 e. The quantitative estimate of drug-likeness (QED) is 0.685. The Kier molecular flexibility index (Phi) is 8.05. The summed E-state index contributed by atoms with van der Waals surface area (Å²) in [6.07, 6.45) is 1.96. The van der Waals surface area contributed by atoms with Crippen LogP contribution in [0, 0.1) is 17.8 Å². The van der Waals surface area contributed by atoms with Crippen molar-refractivity contribution in [3.05, 3.63) is 0 Å². The molecule has 0 fully saturated rings. The molecule has 3 heteroatoms. The van der Waals surface area contributed by atoms with Crippen LogP contribution in [0.1, 0.15) is 54.4 Å². The summed E-state index contributed by atoms with van der Waals surface area (Å²) in [6.45, 7) is 13.5. The number of amides is 1. The van der Waals surface area contributed by atoms with Gasteiger partial charge in [0.2, 0.25) is 0 Å². The van der Waals surface area contributed by atoms with Crippen LogP contribution in [0.25, 0.3) is 0 Å². The lowest BCUT2D eigenvalue weighted by molar-refractivity contribution is 0.0104. The number of ether oxygens (including phenoxy) is 1. The summed E-state index contributed by atoms with van der Waals surface area (Å²) in [5.41, 5.74) is 0. The Bertz CT molecular complexity index is 235. The number of hydrogen-bond acceptors (Lipinski definition) is 2. The van der Waals surface area contributed by atoms with E-state index in [1.54, 1.807) is 4.90 Å². The molecule has 0 heterocycles. The lowest BCUT2D eigenvalue weighted by Crippen LogP contribution is -2.38. The molecule has 0 aromatic rings. The monoisotopic (exact) mass is 257 g/mol. The molecule has 0 aromatic heterocycles. The van der Waals surface area contributed by atoms with E-state index in [2.05, 4.69) is 41.5 Å². The minimum atomic E-state index is -0.186. The largest absolute Gasteiger partial charge is 0.446 e. The highest BCUT2D eigenvalue weighted by atomic mass is 16.6. The normalized spacial score (nSPS) is 13.2. The molecular weight excluding hydrogens is 226 g/mol. The van der Waals surface area contributed by atoms with Gasteiger partial charge in [0.25, 0.3) is 0 Å². The Balaban J connectivity index is 4.54. The van der Waals surface area contributed by atoms with Gasteiger partial charge in [-0.05, 0) is 30.6 Å². The van der Waals surface area contributed by atoms with E-state index in [4.69, 9.17) is 4.74 Å². The standard InChI is InChI=1S/C15H31NO2/c1-8-13(9-2)14(12(5)6)18-15(17)16(7)10-11(3)4/h11-14H,8-10H2,1-7H3. The number of hydrogen-bond donors (Lipinski definition) is 0. The van der Waals surface area contributed by atoms with E-state index in [1.807, 2.05) is 7.05 Å². The summed E-state index contributed by atoms with van der Waals surface area (Å²) in [4.78, 5) is 13.7. The Labute approximate surface area is 113 Å². The Morgan fingerprint density at radius 3 is 1.94 bits per heavy atom. The van der Waals surface area contributed by atoms with E-state index in [0.717, 1.165) is 19.4 Å². The average molecular weight is 257 g/mol. The van der Waals surface area contributed by atoms with Crippen molar-refractivity contribution in [2.24, 2.45) is 17.8 Å². The van der Waals surface area contributed by atoms with Crippen LogP contribution in [-0.2, 0) is 4.74 Å². The van der Waals surface area contributed by atoms with E-state index in [-0.39, 0.29) is 12.2 Å². The first-order valence-corrected chi connectivity index (χ1v) is 7.25. The third kappa shape index (κ3) is 5.74. The number of nitrogens with zero attached hydrogens (tertiary/aromatic N) is 1. The van der Waals surface area contributed by atoms with Crippen LogP contribution in [0.2, 0.25) is 0 Å². The van der Waals surface area contributed by atoms with Crippen molar-refractivity contribution in [2.45, 2.75) is 60.5 Å². The molecule has 108 valence electrons. The van der Waals surface area contributed by atoms with Crippen LogP contribution in [0.4, 0.5) is 4.79 Å². The molecule has 0 radical (unpaired) electrons. The van der Waals surface area contributed by atoms with Gasteiger partial charge >= 0.3 is 6.09 Å². The first-order chi connectivity index (χ1) is 8.33. The Hall–Kier alpha value is -0.730. The molecule has 0 bridgehead atoms. The van der Waals surface area contributed by atoms with Crippen LogP contribution in [0.5, 0.6) is 0 Å². The number of carbonyl (C=O) groups excluding carboxylic acids is 1. The maximum Gasteiger partial charge on any atom is 0.409 e. The van der Waals surface area contributed by atoms with Crippen LogP contribution >= 0.6 is 0 Å². The molecule has 0 aliphatic heterocycles. The molecule has 0 aliphatic rings. The lowest BCUT2D eigenvalue weighted by atomic mass is 9.89. The zero-order valence-electron chi connectivity index (χ0n) is 13.2. The van der Waals surface area contributed by atoms with Gasteiger partial charge in [-0.15, -0.1) is 0 Å². The van der Waals surface area contributed by atoms with Gasteiger partial charge in [0.15, 0.2) is 0 Å². The maximum absolute atomic E-state index is 12.0. The van der Waals surface area contributed by atoms with E-state index in [9.17, 15) is 4.79 Å². The third-order valence-corrected chi connectivity index (χ3v) is 3.36. The smallest absolute Gasteiger partial charge is 0.409 e. The zero-order valence-corrected chi connectivity index (χ0v) is 13.2. The fourth-order valence-corrected chi connectivity index (χ4v) is 2.36. The summed E-state index contributed by atoms with van der Waals surface area (Å²) < 4.78 is 5.71. The summed E-state index contributed by atoms with van der Waals surface area (Å²) in [6, 6.07) is 0.